The first kappa shape index (κ1) is 17.2. The summed E-state index contributed by atoms with van der Waals surface area (Å²) in [5.74, 6) is 0. The Balaban J connectivity index is 0.00000289. The van der Waals surface area contributed by atoms with E-state index in [4.69, 9.17) is 4.55 Å². The van der Waals surface area contributed by atoms with Crippen molar-refractivity contribution >= 4 is 15.8 Å². The van der Waals surface area contributed by atoms with E-state index >= 15 is 0 Å². The van der Waals surface area contributed by atoms with Crippen LogP contribution in [0.3, 0.4) is 0 Å². The first-order chi connectivity index (χ1) is 7.68. The molecule has 0 aliphatic carbocycles. The van der Waals surface area contributed by atoms with Crippen LogP contribution in [0.5, 0.6) is 0 Å². The summed E-state index contributed by atoms with van der Waals surface area (Å²) in [5, 5.41) is 5.83. The minimum absolute atomic E-state index is 0. The topological polar surface area (TPSA) is 146 Å². The van der Waals surface area contributed by atoms with Crippen molar-refractivity contribution in [2.24, 2.45) is 10.4 Å². The smallest absolute Gasteiger partial charge is 1.00 e. The van der Waals surface area contributed by atoms with Crippen molar-refractivity contribution in [2.45, 2.75) is 4.90 Å². The predicted octanol–water partition coefficient (Wildman–Crippen LogP) is -3.01. The maximum absolute atomic E-state index is 10.6. The van der Waals surface area contributed by atoms with E-state index in [-0.39, 0.29) is 29.4 Å². The fourth-order valence-corrected chi connectivity index (χ4v) is 1.45. The van der Waals surface area contributed by atoms with Crippen molar-refractivity contribution in [2.75, 3.05) is 0 Å². The van der Waals surface area contributed by atoms with Crippen molar-refractivity contribution in [1.82, 2.24) is 0 Å². The number of rotatable bonds is 4. The molecule has 12 heteroatoms. The molecule has 0 heterocycles. The van der Waals surface area contributed by atoms with Gasteiger partial charge in [0.05, 0.1) is 0 Å². The number of benzene rings is 1. The van der Waals surface area contributed by atoms with Gasteiger partial charge in [0.25, 0.3) is 0 Å². The van der Waals surface area contributed by atoms with E-state index in [0.29, 0.717) is 0 Å². The summed E-state index contributed by atoms with van der Waals surface area (Å²) in [6.07, 6.45) is 0. The summed E-state index contributed by atoms with van der Waals surface area (Å²) in [6.45, 7) is 0. The van der Waals surface area contributed by atoms with E-state index in [1.165, 1.54) is 0 Å². The predicted molar refractivity (Wildman–Crippen MR) is 43.2 cm³/mol. The molecule has 18 heavy (non-hydrogen) atoms. The van der Waals surface area contributed by atoms with Crippen LogP contribution < -0.4 is 23.0 Å². The molecule has 0 bridgehead atoms. The zero-order valence-corrected chi connectivity index (χ0v) is 11.0. The van der Waals surface area contributed by atoms with Crippen LogP contribution in [0.1, 0.15) is 0 Å². The zero-order valence-electron chi connectivity index (χ0n) is 8.92. The molecule has 0 unspecified atom stereocenters. The van der Waals surface area contributed by atoms with Gasteiger partial charge in [-0.1, -0.05) is 0 Å². The van der Waals surface area contributed by atoms with E-state index in [2.05, 4.69) is 14.3 Å². The second-order valence-electron chi connectivity index (χ2n) is 2.63. The number of hydrogen-bond donors (Lipinski definition) is 1. The van der Waals surface area contributed by atoms with Gasteiger partial charge >= 0.3 is 116 Å². The molecule has 1 rings (SSSR count). The maximum atomic E-state index is 10.6. The van der Waals surface area contributed by atoms with Gasteiger partial charge in [-0.05, 0) is 0 Å². The summed E-state index contributed by atoms with van der Waals surface area (Å²) < 4.78 is 63.6. The third-order valence-electron chi connectivity index (χ3n) is 1.42. The molecule has 0 aliphatic heterocycles. The molecule has 0 atom stereocenters. The Hall–Kier alpha value is -0.780. The Morgan fingerprint density at radius 3 is 2.11 bits per heavy atom. The van der Waals surface area contributed by atoms with Crippen LogP contribution in [0.2, 0.25) is 0 Å². The van der Waals surface area contributed by atoms with Gasteiger partial charge in [-0.25, -0.2) is 0 Å². The third-order valence-corrected chi connectivity index (χ3v) is 2.67. The first-order valence-corrected chi connectivity index (χ1v) is 7.34. The molecule has 0 saturated heterocycles. The molecule has 0 radical (unpaired) electrons. The molecule has 0 spiro atoms. The summed E-state index contributed by atoms with van der Waals surface area (Å²) in [7, 11) is -4.31. The van der Waals surface area contributed by atoms with E-state index in [0.717, 1.165) is 24.3 Å². The van der Waals surface area contributed by atoms with Crippen LogP contribution >= 0.6 is 0 Å². The molecule has 0 fully saturated rings. The molecule has 0 amide bonds. The van der Waals surface area contributed by atoms with Gasteiger partial charge < -0.3 is 0 Å². The molecule has 0 saturated carbocycles. The Morgan fingerprint density at radius 1 is 1.22 bits per heavy atom. The molecule has 94 valence electrons. The van der Waals surface area contributed by atoms with Crippen molar-refractivity contribution in [1.29, 1.82) is 0 Å². The van der Waals surface area contributed by atoms with Gasteiger partial charge in [-0.2, -0.15) is 0 Å². The van der Waals surface area contributed by atoms with E-state index in [1.54, 1.807) is 0 Å². The minimum Gasteiger partial charge on any atom is 1.00 e. The van der Waals surface area contributed by atoms with Crippen molar-refractivity contribution in [3.05, 3.63) is 24.3 Å². The number of nitrogens with zero attached hydrogens (tertiary/aromatic N) is 2. The van der Waals surface area contributed by atoms with Crippen LogP contribution in [0.25, 0.3) is 0 Å². The second-order valence-corrected chi connectivity index (χ2v) is 5.56. The standard InChI is InChI=1S/C6H6N2O4S.Cr.Li.3O/c9-8-7-5-1-3-6(4-2-5)13(10,11)12;;;;;/h1-4H,(H,7,9)(H,10,11,12);;;;;/q;2*+1;;;-1/p-1. The molecule has 1 N–H and O–H groups in total. The van der Waals surface area contributed by atoms with Crippen LogP contribution in [0.15, 0.2) is 39.6 Å². The molecule has 0 aliphatic rings. The quantitative estimate of drug-likeness (QED) is 0.270. The van der Waals surface area contributed by atoms with Crippen LogP contribution in [0, 0.1) is 0 Å². The Labute approximate surface area is 116 Å². The van der Waals surface area contributed by atoms with Gasteiger partial charge in [0.2, 0.25) is 0 Å². The minimum atomic E-state index is -5.66. The third kappa shape index (κ3) is 6.23. The molecular weight excluding hydrogens is 303 g/mol. The summed E-state index contributed by atoms with van der Waals surface area (Å²) in [5.41, 5.74) is 0.0404. The van der Waals surface area contributed by atoms with Crippen LogP contribution in [-0.2, 0) is 35.2 Å². The van der Waals surface area contributed by atoms with Crippen molar-refractivity contribution in [3.8, 4) is 0 Å². The van der Waals surface area contributed by atoms with Gasteiger partial charge in [0.1, 0.15) is 0 Å². The van der Waals surface area contributed by atoms with E-state index in [1.807, 2.05) is 0 Å². The second kappa shape index (κ2) is 6.41. The van der Waals surface area contributed by atoms with E-state index in [9.17, 15) is 20.2 Å². The normalized spacial score (nSPS) is 12.1. The monoisotopic (exact) mass is 308 g/mol. The van der Waals surface area contributed by atoms with Crippen LogP contribution in [0.4, 0.5) is 5.69 Å². The molecular formula is C6H5CrLiN2O7S. The van der Waals surface area contributed by atoms with E-state index < -0.39 is 23.7 Å². The Morgan fingerprint density at radius 2 is 1.72 bits per heavy atom. The van der Waals surface area contributed by atoms with Gasteiger partial charge in [-0.15, -0.1) is 0 Å². The Bertz CT molecular complexity index is 624. The molecule has 9 nitrogen and oxygen atoms in total. The SMILES string of the molecule is O=S(=O)(O)c1ccc(N=N[O][Cr](=[O])(=[O])[O-])cc1.[Li+]. The first-order valence-electron chi connectivity index (χ1n) is 3.81. The van der Waals surface area contributed by atoms with Crippen molar-refractivity contribution < 1.29 is 61.1 Å². The summed E-state index contributed by atoms with van der Waals surface area (Å²) >= 11 is -5.66. The molecule has 1 aromatic rings. The van der Waals surface area contributed by atoms with Crippen LogP contribution in [-0.4, -0.2) is 13.0 Å². The fraction of sp³-hybridized carbons (Fsp3) is 0. The maximum Gasteiger partial charge on any atom is 1.00 e. The molecule has 0 aromatic heterocycles. The summed E-state index contributed by atoms with van der Waals surface area (Å²) in [6, 6.07) is 4.28. The van der Waals surface area contributed by atoms with Crippen molar-refractivity contribution in [3.63, 3.8) is 0 Å². The Kier molecular flexibility index (Phi) is 6.13. The van der Waals surface area contributed by atoms with Gasteiger partial charge in [-0.3, -0.25) is 0 Å². The average Bonchev–Trinajstić information content (AvgIpc) is 2.15. The summed E-state index contributed by atoms with van der Waals surface area (Å²) in [4.78, 5) is -0.362. The largest absolute Gasteiger partial charge is 1.00 e. The van der Waals surface area contributed by atoms with Gasteiger partial charge in [0.15, 0.2) is 0 Å². The average molecular weight is 308 g/mol. The number of hydrogen-bond acceptors (Lipinski definition) is 8. The fourth-order valence-electron chi connectivity index (χ4n) is 0.789. The zero-order chi connectivity index (χ0) is 13.1. The molecule has 1 aromatic carbocycles. The van der Waals surface area contributed by atoms with Gasteiger partial charge in [0, 0.05) is 0 Å².